The van der Waals surface area contributed by atoms with E-state index in [4.69, 9.17) is 4.74 Å². The van der Waals surface area contributed by atoms with Gasteiger partial charge in [0.25, 0.3) is 0 Å². The summed E-state index contributed by atoms with van der Waals surface area (Å²) in [6.45, 7) is 5.05. The Morgan fingerprint density at radius 3 is 2.48 bits per heavy atom. The number of pyridine rings is 1. The molecular formula is C24H25N3O2. The van der Waals surface area contributed by atoms with E-state index in [1.807, 2.05) is 73.7 Å². The quantitative estimate of drug-likeness (QED) is 0.719. The van der Waals surface area contributed by atoms with Crippen molar-refractivity contribution in [2.45, 2.75) is 12.8 Å². The Bertz CT molecular complexity index is 969. The maximum atomic E-state index is 13.5. The SMILES string of the molecule is Cc1ccccc1C(C(=O)Nc1ccccc1N1CCOCC1)c1ccccn1. The number of benzene rings is 2. The van der Waals surface area contributed by atoms with Crippen molar-refractivity contribution in [2.24, 2.45) is 0 Å². The summed E-state index contributed by atoms with van der Waals surface area (Å²) in [7, 11) is 0. The van der Waals surface area contributed by atoms with Crippen LogP contribution in [-0.4, -0.2) is 37.2 Å². The number of hydrogen-bond acceptors (Lipinski definition) is 4. The molecule has 5 nitrogen and oxygen atoms in total. The molecule has 0 saturated carbocycles. The molecule has 0 spiro atoms. The molecule has 3 aromatic rings. The van der Waals surface area contributed by atoms with Crippen LogP contribution in [0.1, 0.15) is 22.7 Å². The standard InChI is InChI=1S/C24H25N3O2/c1-18-8-2-3-9-19(18)23(21-11-6-7-13-25-21)24(28)26-20-10-4-5-12-22(20)27-14-16-29-17-15-27/h2-13,23H,14-17H2,1H3,(H,26,28). The lowest BCUT2D eigenvalue weighted by atomic mass is 9.90. The normalized spacial score (nSPS) is 15.0. The smallest absolute Gasteiger partial charge is 0.238 e. The van der Waals surface area contributed by atoms with Gasteiger partial charge in [0.2, 0.25) is 5.91 Å². The van der Waals surface area contributed by atoms with Gasteiger partial charge in [-0.2, -0.15) is 0 Å². The number of rotatable bonds is 5. The Morgan fingerprint density at radius 2 is 1.72 bits per heavy atom. The van der Waals surface area contributed by atoms with Crippen molar-refractivity contribution in [3.63, 3.8) is 0 Å². The average molecular weight is 387 g/mol. The largest absolute Gasteiger partial charge is 0.378 e. The Kier molecular flexibility index (Phi) is 5.86. The van der Waals surface area contributed by atoms with Crippen molar-refractivity contribution in [3.05, 3.63) is 89.7 Å². The molecule has 4 rings (SSSR count). The number of carbonyl (C=O) groups is 1. The molecule has 0 bridgehead atoms. The lowest BCUT2D eigenvalue weighted by Crippen LogP contribution is -2.37. The van der Waals surface area contributed by atoms with E-state index in [1.165, 1.54) is 0 Å². The number of hydrogen-bond donors (Lipinski definition) is 1. The van der Waals surface area contributed by atoms with Gasteiger partial charge in [-0.25, -0.2) is 0 Å². The highest BCUT2D eigenvalue weighted by molar-refractivity contribution is 6.00. The van der Waals surface area contributed by atoms with Gasteiger partial charge in [-0.05, 0) is 42.3 Å². The van der Waals surface area contributed by atoms with E-state index in [0.29, 0.717) is 13.2 Å². The topological polar surface area (TPSA) is 54.5 Å². The van der Waals surface area contributed by atoms with Crippen LogP contribution in [0.5, 0.6) is 0 Å². The molecule has 1 amide bonds. The average Bonchev–Trinajstić information content (AvgIpc) is 2.77. The molecule has 2 aromatic carbocycles. The molecule has 29 heavy (non-hydrogen) atoms. The molecule has 0 aliphatic carbocycles. The number of carbonyl (C=O) groups excluding carboxylic acids is 1. The third-order valence-corrected chi connectivity index (χ3v) is 5.26. The van der Waals surface area contributed by atoms with E-state index in [-0.39, 0.29) is 5.91 Å². The van der Waals surface area contributed by atoms with Gasteiger partial charge in [0.15, 0.2) is 0 Å². The molecule has 1 aliphatic rings. The van der Waals surface area contributed by atoms with Gasteiger partial charge in [-0.15, -0.1) is 0 Å². The van der Waals surface area contributed by atoms with E-state index >= 15 is 0 Å². The summed E-state index contributed by atoms with van der Waals surface area (Å²) in [4.78, 5) is 20.2. The molecular weight excluding hydrogens is 362 g/mol. The second-order valence-corrected chi connectivity index (χ2v) is 7.15. The van der Waals surface area contributed by atoms with Gasteiger partial charge >= 0.3 is 0 Å². The van der Waals surface area contributed by atoms with Gasteiger partial charge in [-0.1, -0.05) is 42.5 Å². The number of nitrogens with one attached hydrogen (secondary N) is 1. The van der Waals surface area contributed by atoms with Crippen LogP contribution in [0.25, 0.3) is 0 Å². The van der Waals surface area contributed by atoms with Crippen molar-refractivity contribution in [3.8, 4) is 0 Å². The van der Waals surface area contributed by atoms with Crippen LogP contribution in [-0.2, 0) is 9.53 Å². The molecule has 5 heteroatoms. The molecule has 1 N–H and O–H groups in total. The maximum absolute atomic E-state index is 13.5. The molecule has 0 radical (unpaired) electrons. The zero-order chi connectivity index (χ0) is 20.1. The summed E-state index contributed by atoms with van der Waals surface area (Å²) in [5.74, 6) is -0.561. The summed E-state index contributed by atoms with van der Waals surface area (Å²) in [6.07, 6.45) is 1.73. The first-order chi connectivity index (χ1) is 14.2. The highest BCUT2D eigenvalue weighted by Gasteiger charge is 2.26. The second-order valence-electron chi connectivity index (χ2n) is 7.15. The van der Waals surface area contributed by atoms with Crippen LogP contribution in [0.15, 0.2) is 72.9 Å². The van der Waals surface area contributed by atoms with Crippen molar-refractivity contribution in [1.82, 2.24) is 4.98 Å². The second kappa shape index (κ2) is 8.88. The maximum Gasteiger partial charge on any atom is 0.238 e. The number of anilines is 2. The van der Waals surface area contributed by atoms with Gasteiger partial charge in [0, 0.05) is 19.3 Å². The van der Waals surface area contributed by atoms with Crippen molar-refractivity contribution in [2.75, 3.05) is 36.5 Å². The molecule has 1 aliphatic heterocycles. The number of ether oxygens (including phenoxy) is 1. The first-order valence-electron chi connectivity index (χ1n) is 9.93. The minimum absolute atomic E-state index is 0.0845. The number of nitrogens with zero attached hydrogens (tertiary/aromatic N) is 2. The summed E-state index contributed by atoms with van der Waals surface area (Å²) < 4.78 is 5.47. The number of aromatic nitrogens is 1. The van der Waals surface area contributed by atoms with Crippen molar-refractivity contribution in [1.29, 1.82) is 0 Å². The Labute approximate surface area is 171 Å². The van der Waals surface area contributed by atoms with Crippen LogP contribution in [0.2, 0.25) is 0 Å². The predicted molar refractivity (Wildman–Crippen MR) is 115 cm³/mol. The van der Waals surface area contributed by atoms with E-state index < -0.39 is 5.92 Å². The van der Waals surface area contributed by atoms with Crippen LogP contribution in [0.4, 0.5) is 11.4 Å². The van der Waals surface area contributed by atoms with E-state index in [0.717, 1.165) is 41.3 Å². The van der Waals surface area contributed by atoms with E-state index in [9.17, 15) is 4.79 Å². The summed E-state index contributed by atoms with van der Waals surface area (Å²) in [5, 5.41) is 3.17. The van der Waals surface area contributed by atoms with Crippen molar-refractivity contribution >= 4 is 17.3 Å². The molecule has 148 valence electrons. The highest BCUT2D eigenvalue weighted by atomic mass is 16.5. The third kappa shape index (κ3) is 4.30. The highest BCUT2D eigenvalue weighted by Crippen LogP contribution is 2.31. The van der Waals surface area contributed by atoms with Crippen LogP contribution in [0.3, 0.4) is 0 Å². The Hall–Kier alpha value is -3.18. The third-order valence-electron chi connectivity index (χ3n) is 5.26. The molecule has 1 aromatic heterocycles. The minimum Gasteiger partial charge on any atom is -0.378 e. The lowest BCUT2D eigenvalue weighted by Gasteiger charge is -2.31. The fourth-order valence-electron chi connectivity index (χ4n) is 3.76. The van der Waals surface area contributed by atoms with Crippen molar-refractivity contribution < 1.29 is 9.53 Å². The molecule has 1 atom stereocenters. The number of para-hydroxylation sites is 2. The molecule has 1 fully saturated rings. The van der Waals surface area contributed by atoms with E-state index in [1.54, 1.807) is 6.20 Å². The first kappa shape index (κ1) is 19.2. The van der Waals surface area contributed by atoms with Crippen LogP contribution < -0.4 is 10.2 Å². The molecule has 1 saturated heterocycles. The van der Waals surface area contributed by atoms with Crippen LogP contribution in [0, 0.1) is 6.92 Å². The zero-order valence-electron chi connectivity index (χ0n) is 16.5. The fraction of sp³-hybridized carbons (Fsp3) is 0.250. The number of aryl methyl sites for hydroxylation is 1. The minimum atomic E-state index is -0.477. The zero-order valence-corrected chi connectivity index (χ0v) is 16.5. The molecule has 1 unspecified atom stereocenters. The predicted octanol–water partition coefficient (Wildman–Crippen LogP) is 4.00. The molecule has 2 heterocycles. The fourth-order valence-corrected chi connectivity index (χ4v) is 3.76. The summed E-state index contributed by atoms with van der Waals surface area (Å²) in [6, 6.07) is 21.6. The van der Waals surface area contributed by atoms with Crippen LogP contribution >= 0.6 is 0 Å². The summed E-state index contributed by atoms with van der Waals surface area (Å²) in [5.41, 5.74) is 4.61. The Balaban J connectivity index is 1.67. The number of amides is 1. The van der Waals surface area contributed by atoms with Gasteiger partial charge in [0.05, 0.1) is 30.3 Å². The monoisotopic (exact) mass is 387 g/mol. The van der Waals surface area contributed by atoms with Gasteiger partial charge in [0.1, 0.15) is 5.92 Å². The Morgan fingerprint density at radius 1 is 1.00 bits per heavy atom. The first-order valence-corrected chi connectivity index (χ1v) is 9.93. The summed E-state index contributed by atoms with van der Waals surface area (Å²) >= 11 is 0. The number of morpholine rings is 1. The van der Waals surface area contributed by atoms with E-state index in [2.05, 4.69) is 15.2 Å². The van der Waals surface area contributed by atoms with Gasteiger partial charge in [-0.3, -0.25) is 9.78 Å². The lowest BCUT2D eigenvalue weighted by molar-refractivity contribution is -0.116. The van der Waals surface area contributed by atoms with Gasteiger partial charge < -0.3 is 15.0 Å².